The summed E-state index contributed by atoms with van der Waals surface area (Å²) >= 11 is 0. The Bertz CT molecular complexity index is 801. The van der Waals surface area contributed by atoms with Crippen molar-refractivity contribution in [2.75, 3.05) is 11.9 Å². The minimum Gasteiger partial charge on any atom is -0.440 e. The van der Waals surface area contributed by atoms with Crippen molar-refractivity contribution in [2.45, 2.75) is 13.8 Å². The van der Waals surface area contributed by atoms with Crippen molar-refractivity contribution < 1.29 is 9.21 Å². The normalized spacial score (nSPS) is 10.5. The van der Waals surface area contributed by atoms with Crippen molar-refractivity contribution in [1.29, 1.82) is 0 Å². The largest absolute Gasteiger partial charge is 0.440 e. The summed E-state index contributed by atoms with van der Waals surface area (Å²) in [4.78, 5) is 12.8. The molecule has 0 spiro atoms. The molecule has 0 aliphatic rings. The van der Waals surface area contributed by atoms with Gasteiger partial charge in [0.25, 0.3) is 0 Å². The van der Waals surface area contributed by atoms with Crippen molar-refractivity contribution in [2.24, 2.45) is 0 Å². The lowest BCUT2D eigenvalue weighted by atomic mass is 10.0. The maximum Gasteiger partial charge on any atom is 0.204 e. The van der Waals surface area contributed by atoms with E-state index in [1.807, 2.05) is 74.5 Å². The SMILES string of the molecule is CCNc1oc(-c2ccccc2)cc1C(=O)c1ccc(C)cc1. The average molecular weight is 305 g/mol. The number of aryl methyl sites for hydroxylation is 1. The second-order valence-electron chi connectivity index (χ2n) is 5.44. The van der Waals surface area contributed by atoms with Crippen LogP contribution in [0.15, 0.2) is 65.1 Å². The van der Waals surface area contributed by atoms with Gasteiger partial charge in [0, 0.05) is 17.7 Å². The van der Waals surface area contributed by atoms with Crippen LogP contribution >= 0.6 is 0 Å². The predicted octanol–water partition coefficient (Wildman–Crippen LogP) is 4.92. The summed E-state index contributed by atoms with van der Waals surface area (Å²) in [6, 6.07) is 19.2. The summed E-state index contributed by atoms with van der Waals surface area (Å²) in [7, 11) is 0. The van der Waals surface area contributed by atoms with E-state index >= 15 is 0 Å². The quantitative estimate of drug-likeness (QED) is 0.680. The Kier molecular flexibility index (Phi) is 4.29. The number of hydrogen-bond donors (Lipinski definition) is 1. The Morgan fingerprint density at radius 3 is 2.39 bits per heavy atom. The summed E-state index contributed by atoms with van der Waals surface area (Å²) in [5.41, 5.74) is 3.31. The maximum absolute atomic E-state index is 12.8. The summed E-state index contributed by atoms with van der Waals surface area (Å²) in [6.07, 6.45) is 0. The standard InChI is InChI=1S/C20H19NO2/c1-3-21-20-17(19(22)16-11-9-14(2)10-12-16)13-18(23-20)15-7-5-4-6-8-15/h4-13,21H,3H2,1-2H3. The molecular formula is C20H19NO2. The first-order chi connectivity index (χ1) is 11.2. The highest BCUT2D eigenvalue weighted by Gasteiger charge is 2.19. The molecule has 0 fully saturated rings. The molecule has 3 aromatic rings. The van der Waals surface area contributed by atoms with Crippen molar-refractivity contribution >= 4 is 11.7 Å². The van der Waals surface area contributed by atoms with E-state index in [9.17, 15) is 4.79 Å². The summed E-state index contributed by atoms with van der Waals surface area (Å²) in [5.74, 6) is 1.18. The first-order valence-electron chi connectivity index (χ1n) is 7.73. The van der Waals surface area contributed by atoms with Gasteiger partial charge < -0.3 is 9.73 Å². The fraction of sp³-hybridized carbons (Fsp3) is 0.150. The highest BCUT2D eigenvalue weighted by Crippen LogP contribution is 2.30. The van der Waals surface area contributed by atoms with Crippen LogP contribution in [0.4, 0.5) is 5.88 Å². The molecule has 0 amide bonds. The van der Waals surface area contributed by atoms with Crippen LogP contribution in [-0.4, -0.2) is 12.3 Å². The van der Waals surface area contributed by atoms with Gasteiger partial charge >= 0.3 is 0 Å². The van der Waals surface area contributed by atoms with Gasteiger partial charge in [-0.25, -0.2) is 0 Å². The number of anilines is 1. The molecule has 0 aliphatic carbocycles. The third-order valence-corrected chi connectivity index (χ3v) is 3.69. The lowest BCUT2D eigenvalue weighted by Gasteiger charge is -2.03. The minimum absolute atomic E-state index is 0.0353. The zero-order valence-electron chi connectivity index (χ0n) is 13.3. The van der Waals surface area contributed by atoms with E-state index in [-0.39, 0.29) is 5.78 Å². The zero-order valence-corrected chi connectivity index (χ0v) is 13.3. The number of ketones is 1. The molecule has 0 saturated heterocycles. The van der Waals surface area contributed by atoms with Gasteiger partial charge in [0.2, 0.25) is 5.88 Å². The van der Waals surface area contributed by atoms with Crippen molar-refractivity contribution in [3.8, 4) is 11.3 Å². The van der Waals surface area contributed by atoms with E-state index in [1.54, 1.807) is 0 Å². The highest BCUT2D eigenvalue weighted by atomic mass is 16.4. The number of hydrogen-bond acceptors (Lipinski definition) is 3. The molecule has 0 atom stereocenters. The molecule has 0 bridgehead atoms. The van der Waals surface area contributed by atoms with Crippen LogP contribution in [0.2, 0.25) is 0 Å². The molecule has 0 radical (unpaired) electrons. The van der Waals surface area contributed by atoms with Crippen molar-refractivity contribution in [1.82, 2.24) is 0 Å². The van der Waals surface area contributed by atoms with E-state index in [1.165, 1.54) is 0 Å². The van der Waals surface area contributed by atoms with Crippen molar-refractivity contribution in [3.63, 3.8) is 0 Å². The van der Waals surface area contributed by atoms with E-state index in [0.29, 0.717) is 29.3 Å². The number of benzene rings is 2. The Hall–Kier alpha value is -2.81. The van der Waals surface area contributed by atoms with Gasteiger partial charge in [-0.2, -0.15) is 0 Å². The Balaban J connectivity index is 2.02. The third kappa shape index (κ3) is 3.19. The number of furan rings is 1. The Morgan fingerprint density at radius 1 is 1.04 bits per heavy atom. The number of carbonyl (C=O) groups excluding carboxylic acids is 1. The molecule has 1 N–H and O–H groups in total. The molecule has 0 aliphatic heterocycles. The Morgan fingerprint density at radius 2 is 1.74 bits per heavy atom. The Labute approximate surface area is 136 Å². The topological polar surface area (TPSA) is 42.2 Å². The molecule has 0 unspecified atom stereocenters. The zero-order chi connectivity index (χ0) is 16.2. The second-order valence-corrected chi connectivity index (χ2v) is 5.44. The molecule has 116 valence electrons. The van der Waals surface area contributed by atoms with Gasteiger partial charge in [-0.1, -0.05) is 60.2 Å². The van der Waals surface area contributed by atoms with Crippen LogP contribution in [-0.2, 0) is 0 Å². The van der Waals surface area contributed by atoms with Gasteiger partial charge in [0.15, 0.2) is 5.78 Å². The van der Waals surface area contributed by atoms with Crippen LogP contribution < -0.4 is 5.32 Å². The first-order valence-corrected chi connectivity index (χ1v) is 7.73. The van der Waals surface area contributed by atoms with E-state index in [2.05, 4.69) is 5.32 Å². The third-order valence-electron chi connectivity index (χ3n) is 3.69. The van der Waals surface area contributed by atoms with Gasteiger partial charge in [-0.15, -0.1) is 0 Å². The van der Waals surface area contributed by atoms with Crippen molar-refractivity contribution in [3.05, 3.63) is 77.4 Å². The van der Waals surface area contributed by atoms with Crippen LogP contribution in [0, 0.1) is 6.92 Å². The molecule has 1 heterocycles. The van der Waals surface area contributed by atoms with Crippen LogP contribution in [0.1, 0.15) is 28.4 Å². The smallest absolute Gasteiger partial charge is 0.204 e. The van der Waals surface area contributed by atoms with E-state index in [4.69, 9.17) is 4.42 Å². The van der Waals surface area contributed by atoms with Crippen LogP contribution in [0.3, 0.4) is 0 Å². The first kappa shape index (κ1) is 15.1. The number of rotatable bonds is 5. The summed E-state index contributed by atoms with van der Waals surface area (Å²) in [5, 5.41) is 3.14. The van der Waals surface area contributed by atoms with Crippen LogP contribution in [0.5, 0.6) is 0 Å². The number of nitrogens with one attached hydrogen (secondary N) is 1. The maximum atomic E-state index is 12.8. The fourth-order valence-electron chi connectivity index (χ4n) is 2.46. The molecule has 3 heteroatoms. The monoisotopic (exact) mass is 305 g/mol. The fourth-order valence-corrected chi connectivity index (χ4v) is 2.46. The summed E-state index contributed by atoms with van der Waals surface area (Å²) in [6.45, 7) is 4.67. The van der Waals surface area contributed by atoms with Gasteiger partial charge in [0.1, 0.15) is 5.76 Å². The molecule has 0 saturated carbocycles. The van der Waals surface area contributed by atoms with Gasteiger partial charge in [0.05, 0.1) is 5.56 Å². The summed E-state index contributed by atoms with van der Waals surface area (Å²) < 4.78 is 5.88. The molecule has 2 aromatic carbocycles. The lowest BCUT2D eigenvalue weighted by Crippen LogP contribution is -2.05. The van der Waals surface area contributed by atoms with Crippen LogP contribution in [0.25, 0.3) is 11.3 Å². The average Bonchev–Trinajstić information content (AvgIpc) is 3.00. The molecule has 3 nitrogen and oxygen atoms in total. The minimum atomic E-state index is -0.0353. The second kappa shape index (κ2) is 6.53. The molecule has 23 heavy (non-hydrogen) atoms. The molecule has 3 rings (SSSR count). The van der Waals surface area contributed by atoms with Gasteiger partial charge in [-0.3, -0.25) is 4.79 Å². The van der Waals surface area contributed by atoms with E-state index < -0.39 is 0 Å². The molecule has 1 aromatic heterocycles. The van der Waals surface area contributed by atoms with Gasteiger partial charge in [-0.05, 0) is 19.9 Å². The van der Waals surface area contributed by atoms with E-state index in [0.717, 1.165) is 11.1 Å². The highest BCUT2D eigenvalue weighted by molar-refractivity contribution is 6.12. The molecular weight excluding hydrogens is 286 g/mol. The number of carbonyl (C=O) groups is 1. The predicted molar refractivity (Wildman–Crippen MR) is 92.9 cm³/mol. The lowest BCUT2D eigenvalue weighted by molar-refractivity contribution is 0.103.